The Morgan fingerprint density at radius 2 is 1.73 bits per heavy atom. The largest absolute Gasteiger partial charge is 0.444 e. The predicted molar refractivity (Wildman–Crippen MR) is 121 cm³/mol. The van der Waals surface area contributed by atoms with Gasteiger partial charge in [-0.05, 0) is 55.3 Å². The van der Waals surface area contributed by atoms with Gasteiger partial charge in [0.1, 0.15) is 6.61 Å². The van der Waals surface area contributed by atoms with Gasteiger partial charge in [0, 0.05) is 40.4 Å². The number of carbonyl (C=O) groups is 2. The molecule has 9 heteroatoms. The molecule has 6 nitrogen and oxygen atoms in total. The second kappa shape index (κ2) is 9.88. The average Bonchev–Trinajstić information content (AvgIpc) is 2.71. The van der Waals surface area contributed by atoms with Crippen LogP contribution >= 0.6 is 35.6 Å². The van der Waals surface area contributed by atoms with E-state index in [0.717, 1.165) is 42.9 Å². The second-order valence-corrected chi connectivity index (χ2v) is 8.13. The molecule has 2 heterocycles. The number of ether oxygens (including phenoxy) is 1. The standard InChI is InChI=1S/C21H21Cl2N3O3.ClH/c22-15-1-4-17(5-2-15)24-20(27)12-25-9-7-18(8-10-25)26-19-6-3-16(23)11-14(19)13-29-21(26)28;/h1-6,11,18H,7-10,12-13H2,(H,24,27);1H. The highest BCUT2D eigenvalue weighted by atomic mass is 35.5. The summed E-state index contributed by atoms with van der Waals surface area (Å²) in [5, 5.41) is 4.14. The Balaban J connectivity index is 0.00000256. The summed E-state index contributed by atoms with van der Waals surface area (Å²) in [5.74, 6) is -0.0665. The number of cyclic esters (lactones) is 1. The van der Waals surface area contributed by atoms with Crippen molar-refractivity contribution in [2.45, 2.75) is 25.5 Å². The van der Waals surface area contributed by atoms with E-state index in [1.54, 1.807) is 35.2 Å². The first kappa shape index (κ1) is 22.7. The number of benzene rings is 2. The topological polar surface area (TPSA) is 61.9 Å². The minimum Gasteiger partial charge on any atom is -0.444 e. The van der Waals surface area contributed by atoms with Gasteiger partial charge in [-0.2, -0.15) is 0 Å². The molecule has 4 rings (SSSR count). The third-order valence-corrected chi connectivity index (χ3v) is 5.75. The van der Waals surface area contributed by atoms with Gasteiger partial charge in [0.2, 0.25) is 5.91 Å². The number of piperidine rings is 1. The number of likely N-dealkylation sites (tertiary alicyclic amines) is 1. The molecule has 30 heavy (non-hydrogen) atoms. The van der Waals surface area contributed by atoms with E-state index >= 15 is 0 Å². The zero-order chi connectivity index (χ0) is 20.4. The van der Waals surface area contributed by atoms with E-state index in [1.165, 1.54) is 0 Å². The Morgan fingerprint density at radius 1 is 1.07 bits per heavy atom. The first-order chi connectivity index (χ1) is 14.0. The molecule has 0 bridgehead atoms. The Labute approximate surface area is 191 Å². The van der Waals surface area contributed by atoms with Gasteiger partial charge in [0.05, 0.1) is 12.2 Å². The van der Waals surface area contributed by atoms with Crippen LogP contribution in [0.25, 0.3) is 0 Å². The second-order valence-electron chi connectivity index (χ2n) is 7.26. The first-order valence-electron chi connectivity index (χ1n) is 9.52. The summed E-state index contributed by atoms with van der Waals surface area (Å²) in [5.41, 5.74) is 2.51. The lowest BCUT2D eigenvalue weighted by atomic mass is 10.0. The molecule has 0 radical (unpaired) electrons. The van der Waals surface area contributed by atoms with Crippen LogP contribution in [0.5, 0.6) is 0 Å². The van der Waals surface area contributed by atoms with Gasteiger partial charge in [0.25, 0.3) is 0 Å². The van der Waals surface area contributed by atoms with Crippen molar-refractivity contribution in [1.29, 1.82) is 0 Å². The maximum atomic E-state index is 12.4. The molecule has 160 valence electrons. The highest BCUT2D eigenvalue weighted by Gasteiger charge is 2.34. The Bertz CT molecular complexity index is 915. The fourth-order valence-corrected chi connectivity index (χ4v) is 4.15. The number of nitrogens with one attached hydrogen (secondary N) is 1. The van der Waals surface area contributed by atoms with Crippen molar-refractivity contribution in [1.82, 2.24) is 4.90 Å². The molecule has 0 saturated carbocycles. The molecule has 2 amide bonds. The molecule has 0 aliphatic carbocycles. The van der Waals surface area contributed by atoms with Crippen molar-refractivity contribution in [3.63, 3.8) is 0 Å². The third kappa shape index (κ3) is 5.19. The summed E-state index contributed by atoms with van der Waals surface area (Å²) < 4.78 is 5.33. The number of amides is 2. The fraction of sp³-hybridized carbons (Fsp3) is 0.333. The Kier molecular flexibility index (Phi) is 7.47. The summed E-state index contributed by atoms with van der Waals surface area (Å²) in [7, 11) is 0. The van der Waals surface area contributed by atoms with Crippen molar-refractivity contribution in [3.8, 4) is 0 Å². The summed E-state index contributed by atoms with van der Waals surface area (Å²) >= 11 is 11.9. The molecule has 0 spiro atoms. The molecule has 0 atom stereocenters. The van der Waals surface area contributed by atoms with Gasteiger partial charge in [-0.15, -0.1) is 12.4 Å². The van der Waals surface area contributed by atoms with E-state index in [2.05, 4.69) is 10.2 Å². The summed E-state index contributed by atoms with van der Waals surface area (Å²) in [6.45, 7) is 2.01. The minimum atomic E-state index is -0.321. The SMILES string of the molecule is Cl.O=C(CN1CCC(N2C(=O)OCc3cc(Cl)ccc32)CC1)Nc1ccc(Cl)cc1. The van der Waals surface area contributed by atoms with Crippen molar-refractivity contribution >= 4 is 59.0 Å². The number of hydrogen-bond donors (Lipinski definition) is 1. The zero-order valence-corrected chi connectivity index (χ0v) is 18.5. The maximum Gasteiger partial charge on any atom is 0.414 e. The van der Waals surface area contributed by atoms with Crippen LogP contribution < -0.4 is 10.2 Å². The van der Waals surface area contributed by atoms with Crippen LogP contribution in [0.15, 0.2) is 42.5 Å². The van der Waals surface area contributed by atoms with E-state index in [4.69, 9.17) is 27.9 Å². The van der Waals surface area contributed by atoms with Crippen molar-refractivity contribution in [3.05, 3.63) is 58.1 Å². The Morgan fingerprint density at radius 3 is 2.43 bits per heavy atom. The maximum absolute atomic E-state index is 12.4. The van der Waals surface area contributed by atoms with Gasteiger partial charge in [0.15, 0.2) is 0 Å². The molecule has 2 aromatic rings. The predicted octanol–water partition coefficient (Wildman–Crippen LogP) is 4.97. The van der Waals surface area contributed by atoms with E-state index in [-0.39, 0.29) is 37.1 Å². The van der Waals surface area contributed by atoms with Crippen LogP contribution in [0.2, 0.25) is 10.0 Å². The van der Waals surface area contributed by atoms with E-state index < -0.39 is 0 Å². The molecule has 1 saturated heterocycles. The molecule has 2 aromatic carbocycles. The summed E-state index contributed by atoms with van der Waals surface area (Å²) in [6.07, 6.45) is 1.22. The fourth-order valence-electron chi connectivity index (χ4n) is 3.83. The highest BCUT2D eigenvalue weighted by Crippen LogP contribution is 2.33. The average molecular weight is 471 g/mol. The summed E-state index contributed by atoms with van der Waals surface area (Å²) in [6, 6.07) is 12.6. The molecule has 1 N–H and O–H groups in total. The third-order valence-electron chi connectivity index (χ3n) is 5.27. The first-order valence-corrected chi connectivity index (χ1v) is 10.3. The Hall–Kier alpha value is -1.99. The molecular formula is C21H22Cl3N3O3. The van der Waals surface area contributed by atoms with Crippen molar-refractivity contribution < 1.29 is 14.3 Å². The monoisotopic (exact) mass is 469 g/mol. The van der Waals surface area contributed by atoms with E-state index in [0.29, 0.717) is 16.6 Å². The zero-order valence-electron chi connectivity index (χ0n) is 16.1. The minimum absolute atomic E-state index is 0. The van der Waals surface area contributed by atoms with E-state index in [1.807, 2.05) is 12.1 Å². The quantitative estimate of drug-likeness (QED) is 0.685. The molecular weight excluding hydrogens is 449 g/mol. The van der Waals surface area contributed by atoms with Gasteiger partial charge in [-0.3, -0.25) is 14.6 Å². The highest BCUT2D eigenvalue weighted by molar-refractivity contribution is 6.31. The van der Waals surface area contributed by atoms with Crippen LogP contribution in [-0.4, -0.2) is 42.6 Å². The molecule has 2 aliphatic rings. The normalized spacial score (nSPS) is 17.0. The van der Waals surface area contributed by atoms with Gasteiger partial charge in [-0.25, -0.2) is 4.79 Å². The van der Waals surface area contributed by atoms with E-state index in [9.17, 15) is 9.59 Å². The number of rotatable bonds is 4. The van der Waals surface area contributed by atoms with Crippen LogP contribution in [0.3, 0.4) is 0 Å². The molecule has 2 aliphatic heterocycles. The number of carbonyl (C=O) groups excluding carboxylic acids is 2. The smallest absolute Gasteiger partial charge is 0.414 e. The number of hydrogen-bond acceptors (Lipinski definition) is 4. The number of fused-ring (bicyclic) bond motifs is 1. The number of anilines is 2. The van der Waals surface area contributed by atoms with Gasteiger partial charge < -0.3 is 10.1 Å². The van der Waals surface area contributed by atoms with Crippen LogP contribution in [-0.2, 0) is 16.1 Å². The van der Waals surface area contributed by atoms with Gasteiger partial charge >= 0.3 is 6.09 Å². The van der Waals surface area contributed by atoms with Crippen LogP contribution in [0.1, 0.15) is 18.4 Å². The molecule has 1 fully saturated rings. The lowest BCUT2D eigenvalue weighted by Gasteiger charge is -2.40. The summed E-state index contributed by atoms with van der Waals surface area (Å²) in [4.78, 5) is 28.6. The molecule has 0 unspecified atom stereocenters. The van der Waals surface area contributed by atoms with Crippen LogP contribution in [0.4, 0.5) is 16.2 Å². The lowest BCUT2D eigenvalue weighted by Crippen LogP contribution is -2.50. The molecule has 0 aromatic heterocycles. The number of halogens is 3. The van der Waals surface area contributed by atoms with Gasteiger partial charge in [-0.1, -0.05) is 23.2 Å². The lowest BCUT2D eigenvalue weighted by molar-refractivity contribution is -0.117. The van der Waals surface area contributed by atoms with Crippen molar-refractivity contribution in [2.75, 3.05) is 29.9 Å². The van der Waals surface area contributed by atoms with Crippen molar-refractivity contribution in [2.24, 2.45) is 0 Å². The van der Waals surface area contributed by atoms with Crippen LogP contribution in [0, 0.1) is 0 Å². The number of nitrogens with zero attached hydrogens (tertiary/aromatic N) is 2.